The van der Waals surface area contributed by atoms with E-state index in [1.807, 2.05) is 66.6 Å². The highest BCUT2D eigenvalue weighted by Gasteiger charge is 2.36. The van der Waals surface area contributed by atoms with Crippen molar-refractivity contribution in [2.24, 2.45) is 0 Å². The maximum absolute atomic E-state index is 13.1. The smallest absolute Gasteiger partial charge is 0.256 e. The fourth-order valence-electron chi connectivity index (χ4n) is 4.41. The zero-order valence-electron chi connectivity index (χ0n) is 16.8. The van der Waals surface area contributed by atoms with Crippen molar-refractivity contribution < 1.29 is 9.59 Å². The van der Waals surface area contributed by atoms with Gasteiger partial charge in [-0.25, -0.2) is 0 Å². The summed E-state index contributed by atoms with van der Waals surface area (Å²) in [5.74, 6) is -0.0634. The standard InChI is InChI=1S/C25H23N3O2/c1-16-8-11-22-20(13-16)25(30)28-12-4-7-24(28)23(27-22)14-18(29)10-9-17-15-26-21-6-3-2-5-19(17)21/h2-3,5-6,8-11,13-15,24,26-27H,4,7,12H2,1H3/b10-9+,23-14-. The van der Waals surface area contributed by atoms with Gasteiger partial charge in [0.05, 0.1) is 17.3 Å². The normalized spacial score (nSPS) is 19.8. The fourth-order valence-corrected chi connectivity index (χ4v) is 4.41. The average molecular weight is 397 g/mol. The molecule has 0 spiro atoms. The zero-order chi connectivity index (χ0) is 20.7. The van der Waals surface area contributed by atoms with Gasteiger partial charge in [-0.15, -0.1) is 0 Å². The minimum Gasteiger partial charge on any atom is -0.361 e. The highest BCUT2D eigenvalue weighted by molar-refractivity contribution is 6.06. The highest BCUT2D eigenvalue weighted by atomic mass is 16.2. The number of rotatable bonds is 3. The van der Waals surface area contributed by atoms with Gasteiger partial charge in [0.1, 0.15) is 0 Å². The predicted molar refractivity (Wildman–Crippen MR) is 119 cm³/mol. The minimum absolute atomic E-state index is 0.0360. The predicted octanol–water partition coefficient (Wildman–Crippen LogP) is 4.67. The molecular formula is C25H23N3O2. The Morgan fingerprint density at radius 3 is 2.97 bits per heavy atom. The van der Waals surface area contributed by atoms with E-state index in [1.54, 1.807) is 12.2 Å². The number of amides is 1. The highest BCUT2D eigenvalue weighted by Crippen LogP contribution is 2.33. The number of aryl methyl sites for hydroxylation is 1. The summed E-state index contributed by atoms with van der Waals surface area (Å²) in [5.41, 5.74) is 5.29. The van der Waals surface area contributed by atoms with Crippen molar-refractivity contribution in [2.45, 2.75) is 25.8 Å². The second-order valence-electron chi connectivity index (χ2n) is 7.96. The first-order valence-electron chi connectivity index (χ1n) is 10.3. The second-order valence-corrected chi connectivity index (χ2v) is 7.96. The fraction of sp³-hybridized carbons (Fsp3) is 0.200. The molecule has 1 aromatic heterocycles. The van der Waals surface area contributed by atoms with E-state index in [4.69, 9.17) is 0 Å². The van der Waals surface area contributed by atoms with E-state index in [9.17, 15) is 9.59 Å². The maximum Gasteiger partial charge on any atom is 0.256 e. The molecule has 2 N–H and O–H groups in total. The molecule has 0 saturated carbocycles. The molecule has 3 aromatic rings. The minimum atomic E-state index is -0.0994. The van der Waals surface area contributed by atoms with Crippen LogP contribution in [0.1, 0.15) is 34.3 Å². The van der Waals surface area contributed by atoms with Gasteiger partial charge in [0, 0.05) is 35.4 Å². The van der Waals surface area contributed by atoms with Crippen molar-refractivity contribution >= 4 is 34.4 Å². The van der Waals surface area contributed by atoms with Crippen molar-refractivity contribution in [3.8, 4) is 0 Å². The van der Waals surface area contributed by atoms with Gasteiger partial charge in [0.15, 0.2) is 5.78 Å². The van der Waals surface area contributed by atoms with Crippen LogP contribution in [0.4, 0.5) is 5.69 Å². The summed E-state index contributed by atoms with van der Waals surface area (Å²) in [7, 11) is 0. The number of nitrogens with one attached hydrogen (secondary N) is 2. The SMILES string of the molecule is Cc1ccc2c(c1)C(=O)N1CCCC1/C(=C/C(=O)/C=C/c1c[nH]c3ccccc13)N2. The summed E-state index contributed by atoms with van der Waals surface area (Å²) < 4.78 is 0. The summed E-state index contributed by atoms with van der Waals surface area (Å²) in [6.45, 7) is 2.70. The van der Waals surface area contributed by atoms with Crippen LogP contribution in [0.25, 0.3) is 17.0 Å². The van der Waals surface area contributed by atoms with E-state index in [1.165, 1.54) is 0 Å². The number of fused-ring (bicyclic) bond motifs is 3. The number of anilines is 1. The maximum atomic E-state index is 13.1. The van der Waals surface area contributed by atoms with Gasteiger partial charge >= 0.3 is 0 Å². The monoisotopic (exact) mass is 397 g/mol. The Kier molecular flexibility index (Phi) is 4.51. The van der Waals surface area contributed by atoms with Crippen LogP contribution in [0.3, 0.4) is 0 Å². The lowest BCUT2D eigenvalue weighted by atomic mass is 10.1. The van der Waals surface area contributed by atoms with E-state index in [-0.39, 0.29) is 17.7 Å². The van der Waals surface area contributed by atoms with Crippen LogP contribution in [0.15, 0.2) is 66.5 Å². The van der Waals surface area contributed by atoms with Gasteiger partial charge in [-0.3, -0.25) is 9.59 Å². The van der Waals surface area contributed by atoms with Crippen LogP contribution < -0.4 is 5.32 Å². The lowest BCUT2D eigenvalue weighted by Gasteiger charge is -2.23. The van der Waals surface area contributed by atoms with Crippen LogP contribution in [0.2, 0.25) is 0 Å². The van der Waals surface area contributed by atoms with Crippen molar-refractivity contribution in [2.75, 3.05) is 11.9 Å². The van der Waals surface area contributed by atoms with Crippen LogP contribution in [-0.4, -0.2) is 34.2 Å². The first-order chi connectivity index (χ1) is 14.6. The molecule has 1 atom stereocenters. The molecule has 2 aromatic carbocycles. The van der Waals surface area contributed by atoms with Crippen LogP contribution in [-0.2, 0) is 4.79 Å². The number of hydrogen-bond donors (Lipinski definition) is 2. The average Bonchev–Trinajstić information content (AvgIpc) is 3.37. The van der Waals surface area contributed by atoms with Gasteiger partial charge in [-0.1, -0.05) is 29.8 Å². The number of aromatic nitrogens is 1. The molecule has 0 radical (unpaired) electrons. The van der Waals surface area contributed by atoms with Gasteiger partial charge in [-0.2, -0.15) is 0 Å². The quantitative estimate of drug-likeness (QED) is 0.631. The van der Waals surface area contributed by atoms with Crippen molar-refractivity contribution in [3.05, 3.63) is 83.2 Å². The second kappa shape index (κ2) is 7.34. The first kappa shape index (κ1) is 18.4. The third kappa shape index (κ3) is 3.22. The molecule has 2 aliphatic rings. The Balaban J connectivity index is 1.46. The van der Waals surface area contributed by atoms with E-state index < -0.39 is 0 Å². The van der Waals surface area contributed by atoms with Crippen LogP contribution in [0, 0.1) is 6.92 Å². The molecule has 150 valence electrons. The lowest BCUT2D eigenvalue weighted by molar-refractivity contribution is -0.110. The van der Waals surface area contributed by atoms with Crippen LogP contribution >= 0.6 is 0 Å². The molecule has 2 aliphatic heterocycles. The van der Waals surface area contributed by atoms with Crippen LogP contribution in [0.5, 0.6) is 0 Å². The summed E-state index contributed by atoms with van der Waals surface area (Å²) >= 11 is 0. The van der Waals surface area contributed by atoms with E-state index in [2.05, 4.69) is 10.3 Å². The number of para-hydroxylation sites is 1. The molecule has 1 fully saturated rings. The number of H-pyrrole nitrogens is 1. The summed E-state index contributed by atoms with van der Waals surface area (Å²) in [6, 6.07) is 13.7. The van der Waals surface area contributed by atoms with Gasteiger partial charge in [0.25, 0.3) is 5.91 Å². The molecule has 0 bridgehead atoms. The molecular weight excluding hydrogens is 374 g/mol. The zero-order valence-corrected chi connectivity index (χ0v) is 16.8. The third-order valence-electron chi connectivity index (χ3n) is 5.90. The van der Waals surface area contributed by atoms with Crippen molar-refractivity contribution in [3.63, 3.8) is 0 Å². The summed E-state index contributed by atoms with van der Waals surface area (Å²) in [6.07, 6.45) is 8.76. The molecule has 3 heterocycles. The molecule has 5 nitrogen and oxygen atoms in total. The molecule has 1 amide bonds. The van der Waals surface area contributed by atoms with Gasteiger partial charge in [-0.05, 0) is 55.7 Å². The molecule has 5 heteroatoms. The number of allylic oxidation sites excluding steroid dienone is 2. The Morgan fingerprint density at radius 2 is 2.07 bits per heavy atom. The number of aromatic amines is 1. The van der Waals surface area contributed by atoms with Crippen molar-refractivity contribution in [1.82, 2.24) is 9.88 Å². The first-order valence-corrected chi connectivity index (χ1v) is 10.3. The van der Waals surface area contributed by atoms with E-state index in [0.29, 0.717) is 5.56 Å². The molecule has 1 unspecified atom stereocenters. The third-order valence-corrected chi connectivity index (χ3v) is 5.90. The molecule has 30 heavy (non-hydrogen) atoms. The molecule has 0 aliphatic carbocycles. The van der Waals surface area contributed by atoms with E-state index >= 15 is 0 Å². The Labute approximate surface area is 175 Å². The Morgan fingerprint density at radius 1 is 1.20 bits per heavy atom. The molecule has 5 rings (SSSR count). The largest absolute Gasteiger partial charge is 0.361 e. The summed E-state index contributed by atoms with van der Waals surface area (Å²) in [4.78, 5) is 30.9. The number of ketones is 1. The Hall–Kier alpha value is -3.60. The lowest BCUT2D eigenvalue weighted by Crippen LogP contribution is -2.36. The van der Waals surface area contributed by atoms with Gasteiger partial charge in [0.2, 0.25) is 0 Å². The number of nitrogens with zero attached hydrogens (tertiary/aromatic N) is 1. The topological polar surface area (TPSA) is 65.2 Å². The number of carbonyl (C=O) groups is 2. The van der Waals surface area contributed by atoms with Crippen molar-refractivity contribution in [1.29, 1.82) is 0 Å². The molecule has 1 saturated heterocycles. The Bertz CT molecular complexity index is 1220. The number of hydrogen-bond acceptors (Lipinski definition) is 3. The number of carbonyl (C=O) groups excluding carboxylic acids is 2. The number of benzene rings is 2. The van der Waals surface area contributed by atoms with E-state index in [0.717, 1.165) is 52.8 Å². The van der Waals surface area contributed by atoms with Gasteiger partial charge < -0.3 is 15.2 Å². The summed E-state index contributed by atoms with van der Waals surface area (Å²) in [5, 5.41) is 4.46.